The predicted octanol–water partition coefficient (Wildman–Crippen LogP) is 2.07. The molecule has 0 bridgehead atoms. The number of carbonyl (C=O) groups excluding carboxylic acids is 1. The Morgan fingerprint density at radius 1 is 1.07 bits per heavy atom. The van der Waals surface area contributed by atoms with E-state index in [0.29, 0.717) is 61.7 Å². The Labute approximate surface area is 161 Å². The van der Waals surface area contributed by atoms with Gasteiger partial charge in [0.2, 0.25) is 5.95 Å². The second kappa shape index (κ2) is 6.83. The van der Waals surface area contributed by atoms with E-state index in [2.05, 4.69) is 15.0 Å². The Balaban J connectivity index is 1.61. The summed E-state index contributed by atoms with van der Waals surface area (Å²) in [5, 5.41) is 0.434. The van der Waals surface area contributed by atoms with Crippen LogP contribution in [0.1, 0.15) is 33.8 Å². The van der Waals surface area contributed by atoms with E-state index in [9.17, 15) is 9.59 Å². The first-order chi connectivity index (χ1) is 13.7. The normalized spacial score (nSPS) is 19.6. The molecule has 1 aliphatic carbocycles. The van der Waals surface area contributed by atoms with Crippen molar-refractivity contribution in [2.45, 2.75) is 18.8 Å². The third-order valence-corrected chi connectivity index (χ3v) is 5.59. The first-order valence-corrected chi connectivity index (χ1v) is 9.53. The SMILES string of the molecule is O=C1C[C@H](c2ccccc2)Cc2c1cnc1nc(N3CCOCC3)[nH]c(=O)c21. The molecule has 0 unspecified atom stereocenters. The van der Waals surface area contributed by atoms with Crippen molar-refractivity contribution >= 4 is 22.8 Å². The molecule has 3 aromatic rings. The number of Topliss-reactive ketones (excluding diaryl/α,β-unsaturated/α-hetero) is 1. The zero-order valence-electron chi connectivity index (χ0n) is 15.4. The van der Waals surface area contributed by atoms with Crippen LogP contribution in [0.15, 0.2) is 41.3 Å². The van der Waals surface area contributed by atoms with Crippen molar-refractivity contribution in [2.24, 2.45) is 0 Å². The highest BCUT2D eigenvalue weighted by Crippen LogP contribution is 2.34. The summed E-state index contributed by atoms with van der Waals surface area (Å²) in [6.07, 6.45) is 2.64. The smallest absolute Gasteiger partial charge is 0.262 e. The van der Waals surface area contributed by atoms with E-state index in [1.54, 1.807) is 6.20 Å². The van der Waals surface area contributed by atoms with Crippen LogP contribution in [0.3, 0.4) is 0 Å². The molecule has 7 nitrogen and oxygen atoms in total. The number of H-pyrrole nitrogens is 1. The molecule has 1 fully saturated rings. The van der Waals surface area contributed by atoms with Gasteiger partial charge in [0.15, 0.2) is 11.4 Å². The molecule has 7 heteroatoms. The fourth-order valence-electron chi connectivity index (χ4n) is 4.14. The lowest BCUT2D eigenvalue weighted by Crippen LogP contribution is -2.38. The highest BCUT2D eigenvalue weighted by Gasteiger charge is 2.29. The summed E-state index contributed by atoms with van der Waals surface area (Å²) in [4.78, 5) is 39.5. The molecular formula is C21H20N4O3. The lowest BCUT2D eigenvalue weighted by molar-refractivity contribution is 0.0964. The van der Waals surface area contributed by atoms with Gasteiger partial charge in [0.1, 0.15) is 0 Å². The molecule has 28 heavy (non-hydrogen) atoms. The molecule has 3 heterocycles. The van der Waals surface area contributed by atoms with Crippen LogP contribution in [-0.4, -0.2) is 47.0 Å². The number of anilines is 1. The molecule has 1 atom stereocenters. The third kappa shape index (κ3) is 2.88. The average molecular weight is 376 g/mol. The van der Waals surface area contributed by atoms with Crippen LogP contribution in [0.2, 0.25) is 0 Å². The lowest BCUT2D eigenvalue weighted by Gasteiger charge is -2.28. The van der Waals surface area contributed by atoms with E-state index in [0.717, 1.165) is 11.1 Å². The summed E-state index contributed by atoms with van der Waals surface area (Å²) in [7, 11) is 0. The molecule has 0 amide bonds. The fourth-order valence-corrected chi connectivity index (χ4v) is 4.14. The average Bonchev–Trinajstić information content (AvgIpc) is 2.74. The van der Waals surface area contributed by atoms with Crippen LogP contribution in [-0.2, 0) is 11.2 Å². The summed E-state index contributed by atoms with van der Waals surface area (Å²) >= 11 is 0. The fraction of sp³-hybridized carbons (Fsp3) is 0.333. The number of aromatic amines is 1. The maximum absolute atomic E-state index is 13.0. The van der Waals surface area contributed by atoms with Crippen molar-refractivity contribution in [3.8, 4) is 0 Å². The molecule has 142 valence electrons. The third-order valence-electron chi connectivity index (χ3n) is 5.59. The number of aromatic nitrogens is 3. The predicted molar refractivity (Wildman–Crippen MR) is 105 cm³/mol. The van der Waals surface area contributed by atoms with Gasteiger partial charge in [0.25, 0.3) is 5.56 Å². The van der Waals surface area contributed by atoms with Gasteiger partial charge in [-0.1, -0.05) is 30.3 Å². The number of ether oxygens (including phenoxy) is 1. The van der Waals surface area contributed by atoms with Gasteiger partial charge in [0, 0.05) is 31.3 Å². The van der Waals surface area contributed by atoms with Gasteiger partial charge in [-0.05, 0) is 23.5 Å². The van der Waals surface area contributed by atoms with Gasteiger partial charge in [-0.15, -0.1) is 0 Å². The molecule has 1 aromatic carbocycles. The number of pyridine rings is 1. The molecule has 0 radical (unpaired) electrons. The van der Waals surface area contributed by atoms with Crippen molar-refractivity contribution in [2.75, 3.05) is 31.2 Å². The van der Waals surface area contributed by atoms with Crippen molar-refractivity contribution in [1.82, 2.24) is 15.0 Å². The van der Waals surface area contributed by atoms with Crippen LogP contribution in [0.25, 0.3) is 11.0 Å². The van der Waals surface area contributed by atoms with Gasteiger partial charge in [-0.2, -0.15) is 4.98 Å². The van der Waals surface area contributed by atoms with Crippen LogP contribution in [0.5, 0.6) is 0 Å². The quantitative estimate of drug-likeness (QED) is 0.737. The molecule has 5 rings (SSSR count). The van der Waals surface area contributed by atoms with E-state index in [-0.39, 0.29) is 17.3 Å². The van der Waals surface area contributed by atoms with Crippen molar-refractivity contribution in [1.29, 1.82) is 0 Å². The van der Waals surface area contributed by atoms with Gasteiger partial charge in [0.05, 0.1) is 18.6 Å². The Bertz CT molecular complexity index is 1100. The van der Waals surface area contributed by atoms with E-state index >= 15 is 0 Å². The van der Waals surface area contributed by atoms with Crippen LogP contribution in [0, 0.1) is 0 Å². The van der Waals surface area contributed by atoms with Crippen molar-refractivity contribution in [3.63, 3.8) is 0 Å². The summed E-state index contributed by atoms with van der Waals surface area (Å²) in [5.74, 6) is 0.598. The minimum Gasteiger partial charge on any atom is -0.378 e. The van der Waals surface area contributed by atoms with Crippen molar-refractivity contribution < 1.29 is 9.53 Å². The number of morpholine rings is 1. The largest absolute Gasteiger partial charge is 0.378 e. The molecule has 2 aromatic heterocycles. The van der Waals surface area contributed by atoms with Crippen LogP contribution in [0.4, 0.5) is 5.95 Å². The van der Waals surface area contributed by atoms with Gasteiger partial charge in [-0.3, -0.25) is 14.6 Å². The maximum atomic E-state index is 13.0. The summed E-state index contributed by atoms with van der Waals surface area (Å²) in [6.45, 7) is 2.56. The number of carbonyl (C=O) groups is 1. The second-order valence-electron chi connectivity index (χ2n) is 7.28. The first-order valence-electron chi connectivity index (χ1n) is 9.53. The minimum absolute atomic E-state index is 0.0289. The Hall–Kier alpha value is -3.06. The molecule has 1 saturated heterocycles. The Morgan fingerprint density at radius 2 is 1.86 bits per heavy atom. The van der Waals surface area contributed by atoms with E-state index < -0.39 is 0 Å². The summed E-state index contributed by atoms with van der Waals surface area (Å²) < 4.78 is 5.36. The molecule has 0 saturated carbocycles. The lowest BCUT2D eigenvalue weighted by atomic mass is 9.79. The second-order valence-corrected chi connectivity index (χ2v) is 7.28. The van der Waals surface area contributed by atoms with E-state index in [1.807, 2.05) is 35.2 Å². The monoisotopic (exact) mass is 376 g/mol. The summed E-state index contributed by atoms with van der Waals surface area (Å²) in [6, 6.07) is 9.98. The molecule has 2 aliphatic rings. The number of ketones is 1. The highest BCUT2D eigenvalue weighted by molar-refractivity contribution is 6.02. The number of fused-ring (bicyclic) bond motifs is 3. The van der Waals surface area contributed by atoms with Crippen LogP contribution < -0.4 is 10.5 Å². The zero-order chi connectivity index (χ0) is 19.1. The molecule has 1 N–H and O–H groups in total. The number of nitrogens with one attached hydrogen (secondary N) is 1. The van der Waals surface area contributed by atoms with Crippen molar-refractivity contribution in [3.05, 3.63) is 63.6 Å². The number of rotatable bonds is 2. The minimum atomic E-state index is -0.239. The zero-order valence-corrected chi connectivity index (χ0v) is 15.4. The molecule has 0 spiro atoms. The van der Waals surface area contributed by atoms with Gasteiger partial charge in [-0.25, -0.2) is 4.98 Å². The van der Waals surface area contributed by atoms with Gasteiger partial charge >= 0.3 is 0 Å². The molecular weight excluding hydrogens is 356 g/mol. The number of hydrogen-bond donors (Lipinski definition) is 1. The number of nitrogens with zero attached hydrogens (tertiary/aromatic N) is 3. The maximum Gasteiger partial charge on any atom is 0.262 e. The number of hydrogen-bond acceptors (Lipinski definition) is 6. The summed E-state index contributed by atoms with van der Waals surface area (Å²) in [5.41, 5.74) is 2.58. The van der Waals surface area contributed by atoms with Crippen LogP contribution >= 0.6 is 0 Å². The molecule has 1 aliphatic heterocycles. The van der Waals surface area contributed by atoms with E-state index in [1.165, 1.54) is 0 Å². The number of benzene rings is 1. The van der Waals surface area contributed by atoms with Gasteiger partial charge < -0.3 is 9.64 Å². The van der Waals surface area contributed by atoms with E-state index in [4.69, 9.17) is 4.74 Å². The Kier molecular flexibility index (Phi) is 4.16. The Morgan fingerprint density at radius 3 is 2.64 bits per heavy atom. The first kappa shape index (κ1) is 17.1. The standard InChI is InChI=1S/C21H20N4O3/c26-17-11-14(13-4-2-1-3-5-13)10-15-16(17)12-22-19-18(15)20(27)24-21(23-19)25-6-8-28-9-7-25/h1-5,12,14H,6-11H2,(H,22,23,24,27)/t14-/m1/s1. The topological polar surface area (TPSA) is 88.2 Å². The highest BCUT2D eigenvalue weighted by atomic mass is 16.5.